The number of rotatable bonds is 4. The number of likely N-dealkylation sites (tertiary alicyclic amines) is 1. The number of nitrogens with zero attached hydrogens (tertiary/aromatic N) is 2. The SMILES string of the molecule is C[C@@H](NC(=O)[C@H]1CCCN(C(=O)NC2CCCC2)C1)c1ccncc1. The summed E-state index contributed by atoms with van der Waals surface area (Å²) in [6.07, 6.45) is 9.72. The molecule has 0 spiro atoms. The van der Waals surface area contributed by atoms with Crippen LogP contribution in [0.15, 0.2) is 24.5 Å². The van der Waals surface area contributed by atoms with Crippen molar-refractivity contribution in [1.82, 2.24) is 20.5 Å². The van der Waals surface area contributed by atoms with E-state index in [0.717, 1.165) is 37.8 Å². The number of urea groups is 1. The second-order valence-corrected chi connectivity index (χ2v) is 7.23. The van der Waals surface area contributed by atoms with E-state index >= 15 is 0 Å². The number of piperidine rings is 1. The van der Waals surface area contributed by atoms with Crippen molar-refractivity contribution in [3.05, 3.63) is 30.1 Å². The molecule has 25 heavy (non-hydrogen) atoms. The Hall–Kier alpha value is -2.11. The lowest BCUT2D eigenvalue weighted by molar-refractivity contribution is -0.126. The largest absolute Gasteiger partial charge is 0.349 e. The Labute approximate surface area is 149 Å². The van der Waals surface area contributed by atoms with Crippen LogP contribution in [-0.2, 0) is 4.79 Å². The highest BCUT2D eigenvalue weighted by atomic mass is 16.2. The maximum atomic E-state index is 12.6. The van der Waals surface area contributed by atoms with E-state index in [1.165, 1.54) is 12.8 Å². The second kappa shape index (κ2) is 8.32. The zero-order valence-electron chi connectivity index (χ0n) is 14.9. The number of hydrogen-bond donors (Lipinski definition) is 2. The van der Waals surface area contributed by atoms with E-state index in [4.69, 9.17) is 0 Å². The van der Waals surface area contributed by atoms with Gasteiger partial charge in [0.25, 0.3) is 0 Å². The summed E-state index contributed by atoms with van der Waals surface area (Å²) in [5, 5.41) is 6.20. The predicted octanol–water partition coefficient (Wildman–Crippen LogP) is 2.62. The van der Waals surface area contributed by atoms with Gasteiger partial charge in [-0.15, -0.1) is 0 Å². The Morgan fingerprint density at radius 3 is 2.60 bits per heavy atom. The molecule has 0 unspecified atom stereocenters. The number of carbonyl (C=O) groups excluding carboxylic acids is 2. The summed E-state index contributed by atoms with van der Waals surface area (Å²) in [5.41, 5.74) is 1.04. The van der Waals surface area contributed by atoms with Crippen molar-refractivity contribution in [3.63, 3.8) is 0 Å². The van der Waals surface area contributed by atoms with Crippen molar-refractivity contribution < 1.29 is 9.59 Å². The van der Waals surface area contributed by atoms with Crippen LogP contribution < -0.4 is 10.6 Å². The third kappa shape index (κ3) is 4.71. The van der Waals surface area contributed by atoms with Crippen molar-refractivity contribution in [2.24, 2.45) is 5.92 Å². The van der Waals surface area contributed by atoms with E-state index in [2.05, 4.69) is 15.6 Å². The summed E-state index contributed by atoms with van der Waals surface area (Å²) < 4.78 is 0. The van der Waals surface area contributed by atoms with Crippen LogP contribution in [0, 0.1) is 5.92 Å². The molecule has 136 valence electrons. The smallest absolute Gasteiger partial charge is 0.317 e. The van der Waals surface area contributed by atoms with Gasteiger partial charge in [0.2, 0.25) is 5.91 Å². The lowest BCUT2D eigenvalue weighted by Gasteiger charge is -2.33. The molecular formula is C19H28N4O2. The van der Waals surface area contributed by atoms with E-state index < -0.39 is 0 Å². The van der Waals surface area contributed by atoms with Crippen molar-refractivity contribution in [1.29, 1.82) is 0 Å². The molecule has 3 rings (SSSR count). The van der Waals surface area contributed by atoms with Crippen molar-refractivity contribution in [2.75, 3.05) is 13.1 Å². The van der Waals surface area contributed by atoms with Gasteiger partial charge < -0.3 is 15.5 Å². The Morgan fingerprint density at radius 2 is 1.88 bits per heavy atom. The molecule has 1 saturated carbocycles. The van der Waals surface area contributed by atoms with Crippen LogP contribution in [0.4, 0.5) is 4.79 Å². The summed E-state index contributed by atoms with van der Waals surface area (Å²) >= 11 is 0. The molecule has 0 bridgehead atoms. The topological polar surface area (TPSA) is 74.3 Å². The predicted molar refractivity (Wildman–Crippen MR) is 95.9 cm³/mol. The number of amides is 3. The molecule has 2 aliphatic rings. The zero-order valence-corrected chi connectivity index (χ0v) is 14.9. The monoisotopic (exact) mass is 344 g/mol. The summed E-state index contributed by atoms with van der Waals surface area (Å²) in [6.45, 7) is 3.22. The first-order valence-electron chi connectivity index (χ1n) is 9.39. The zero-order chi connectivity index (χ0) is 17.6. The van der Waals surface area contributed by atoms with Crippen LogP contribution in [0.5, 0.6) is 0 Å². The lowest BCUT2D eigenvalue weighted by atomic mass is 9.96. The Bertz CT molecular complexity index is 586. The number of hydrogen-bond acceptors (Lipinski definition) is 3. The van der Waals surface area contributed by atoms with Gasteiger partial charge in [0.1, 0.15) is 0 Å². The summed E-state index contributed by atoms with van der Waals surface area (Å²) in [4.78, 5) is 30.9. The molecular weight excluding hydrogens is 316 g/mol. The normalized spacial score (nSPS) is 22.4. The molecule has 3 amide bonds. The first kappa shape index (κ1) is 17.7. The molecule has 0 radical (unpaired) electrons. The third-order valence-corrected chi connectivity index (χ3v) is 5.33. The molecule has 1 saturated heterocycles. The number of carbonyl (C=O) groups is 2. The summed E-state index contributed by atoms with van der Waals surface area (Å²) in [5.74, 6) is -0.102. The van der Waals surface area contributed by atoms with Crippen LogP contribution in [0.25, 0.3) is 0 Å². The fourth-order valence-corrected chi connectivity index (χ4v) is 3.78. The van der Waals surface area contributed by atoms with Crippen LogP contribution in [0.2, 0.25) is 0 Å². The van der Waals surface area contributed by atoms with Gasteiger partial charge in [-0.3, -0.25) is 9.78 Å². The van der Waals surface area contributed by atoms with Gasteiger partial charge >= 0.3 is 6.03 Å². The lowest BCUT2D eigenvalue weighted by Crippen LogP contribution is -2.50. The van der Waals surface area contributed by atoms with Crippen molar-refractivity contribution in [2.45, 2.75) is 57.5 Å². The highest BCUT2D eigenvalue weighted by molar-refractivity contribution is 5.81. The van der Waals surface area contributed by atoms with Gasteiger partial charge in [-0.1, -0.05) is 12.8 Å². The second-order valence-electron chi connectivity index (χ2n) is 7.23. The maximum Gasteiger partial charge on any atom is 0.317 e. The highest BCUT2D eigenvalue weighted by Gasteiger charge is 2.30. The highest BCUT2D eigenvalue weighted by Crippen LogP contribution is 2.21. The fraction of sp³-hybridized carbons (Fsp3) is 0.632. The van der Waals surface area contributed by atoms with Gasteiger partial charge in [0.05, 0.1) is 12.0 Å². The summed E-state index contributed by atoms with van der Waals surface area (Å²) in [6, 6.07) is 4.07. The minimum Gasteiger partial charge on any atom is -0.349 e. The van der Waals surface area contributed by atoms with Crippen LogP contribution in [-0.4, -0.2) is 41.0 Å². The number of pyridine rings is 1. The van der Waals surface area contributed by atoms with E-state index in [-0.39, 0.29) is 23.9 Å². The quantitative estimate of drug-likeness (QED) is 0.882. The average molecular weight is 344 g/mol. The Morgan fingerprint density at radius 1 is 1.16 bits per heavy atom. The standard InChI is InChI=1S/C19H28N4O2/c1-14(15-8-10-20-11-9-15)21-18(24)16-5-4-12-23(13-16)19(25)22-17-6-2-3-7-17/h8-11,14,16-17H,2-7,12-13H2,1H3,(H,21,24)(H,22,25)/t14-,16+/m1/s1. The van der Waals surface area contributed by atoms with Gasteiger partial charge in [0.15, 0.2) is 0 Å². The molecule has 1 aliphatic heterocycles. The van der Waals surface area contributed by atoms with Gasteiger partial charge in [-0.05, 0) is 50.3 Å². The first-order chi connectivity index (χ1) is 12.1. The minimum absolute atomic E-state index is 0.00779. The maximum absolute atomic E-state index is 12.6. The number of nitrogens with one attached hydrogen (secondary N) is 2. The first-order valence-corrected chi connectivity index (χ1v) is 9.39. The van der Waals surface area contributed by atoms with Crippen molar-refractivity contribution in [3.8, 4) is 0 Å². The molecule has 2 N–H and O–H groups in total. The van der Waals surface area contributed by atoms with E-state index in [1.54, 1.807) is 12.4 Å². The molecule has 2 atom stereocenters. The molecule has 1 aromatic heterocycles. The molecule has 1 aliphatic carbocycles. The molecule has 2 heterocycles. The van der Waals surface area contributed by atoms with Crippen molar-refractivity contribution >= 4 is 11.9 Å². The molecule has 6 nitrogen and oxygen atoms in total. The Kier molecular flexibility index (Phi) is 5.89. The van der Waals surface area contributed by atoms with Crippen LogP contribution >= 0.6 is 0 Å². The molecule has 6 heteroatoms. The van der Waals surface area contributed by atoms with Gasteiger partial charge in [-0.2, -0.15) is 0 Å². The Balaban J connectivity index is 1.51. The van der Waals surface area contributed by atoms with E-state index in [9.17, 15) is 9.59 Å². The minimum atomic E-state index is -0.132. The molecule has 1 aromatic rings. The fourth-order valence-electron chi connectivity index (χ4n) is 3.78. The van der Waals surface area contributed by atoms with Crippen LogP contribution in [0.3, 0.4) is 0 Å². The van der Waals surface area contributed by atoms with Crippen LogP contribution in [0.1, 0.15) is 57.1 Å². The summed E-state index contributed by atoms with van der Waals surface area (Å²) in [7, 11) is 0. The third-order valence-electron chi connectivity index (χ3n) is 5.33. The molecule has 2 fully saturated rings. The number of aromatic nitrogens is 1. The van der Waals surface area contributed by atoms with E-state index in [1.807, 2.05) is 24.0 Å². The van der Waals surface area contributed by atoms with Gasteiger partial charge in [0, 0.05) is 31.5 Å². The van der Waals surface area contributed by atoms with E-state index in [0.29, 0.717) is 12.6 Å². The van der Waals surface area contributed by atoms with Gasteiger partial charge in [-0.25, -0.2) is 4.79 Å². The molecule has 0 aromatic carbocycles. The average Bonchev–Trinajstić information content (AvgIpc) is 3.15.